The SMILES string of the molecule is CC[C@@H](C)N(CCC(=O)NCC(C)C)C(=O)c1ccoc1. The molecule has 0 fully saturated rings. The van der Waals surface area contributed by atoms with Gasteiger partial charge in [-0.05, 0) is 25.3 Å². The normalized spacial score (nSPS) is 12.2. The van der Waals surface area contributed by atoms with Gasteiger partial charge in [0.05, 0.1) is 11.8 Å². The van der Waals surface area contributed by atoms with E-state index in [-0.39, 0.29) is 17.9 Å². The largest absolute Gasteiger partial charge is 0.472 e. The van der Waals surface area contributed by atoms with Crippen molar-refractivity contribution >= 4 is 11.8 Å². The summed E-state index contributed by atoms with van der Waals surface area (Å²) in [5.74, 6) is 0.318. The molecule has 0 aliphatic carbocycles. The first kappa shape index (κ1) is 17.3. The number of hydrogen-bond donors (Lipinski definition) is 1. The molecule has 0 aromatic carbocycles. The van der Waals surface area contributed by atoms with E-state index in [0.29, 0.717) is 31.0 Å². The fourth-order valence-electron chi connectivity index (χ4n) is 1.92. The van der Waals surface area contributed by atoms with Crippen molar-refractivity contribution in [2.75, 3.05) is 13.1 Å². The predicted molar refractivity (Wildman–Crippen MR) is 82.0 cm³/mol. The Morgan fingerprint density at radius 3 is 2.57 bits per heavy atom. The molecule has 1 N–H and O–H groups in total. The van der Waals surface area contributed by atoms with Crippen LogP contribution in [0.3, 0.4) is 0 Å². The highest BCUT2D eigenvalue weighted by molar-refractivity contribution is 5.94. The average Bonchev–Trinajstić information content (AvgIpc) is 2.98. The number of nitrogens with zero attached hydrogens (tertiary/aromatic N) is 1. The van der Waals surface area contributed by atoms with Crippen LogP contribution in [0.5, 0.6) is 0 Å². The number of carbonyl (C=O) groups is 2. The van der Waals surface area contributed by atoms with E-state index < -0.39 is 0 Å². The molecular weight excluding hydrogens is 268 g/mol. The summed E-state index contributed by atoms with van der Waals surface area (Å²) >= 11 is 0. The van der Waals surface area contributed by atoms with E-state index in [1.165, 1.54) is 12.5 Å². The third-order valence-electron chi connectivity index (χ3n) is 3.44. The Morgan fingerprint density at radius 2 is 2.05 bits per heavy atom. The molecule has 0 spiro atoms. The molecule has 1 rings (SSSR count). The van der Waals surface area contributed by atoms with Crippen molar-refractivity contribution in [2.24, 2.45) is 5.92 Å². The van der Waals surface area contributed by atoms with Crippen molar-refractivity contribution < 1.29 is 14.0 Å². The van der Waals surface area contributed by atoms with Crippen molar-refractivity contribution in [3.05, 3.63) is 24.2 Å². The van der Waals surface area contributed by atoms with Gasteiger partial charge in [0.15, 0.2) is 0 Å². The third-order valence-corrected chi connectivity index (χ3v) is 3.44. The lowest BCUT2D eigenvalue weighted by molar-refractivity contribution is -0.121. The number of rotatable bonds is 8. The summed E-state index contributed by atoms with van der Waals surface area (Å²) in [5.41, 5.74) is 0.526. The van der Waals surface area contributed by atoms with Gasteiger partial charge in [0.2, 0.25) is 5.91 Å². The zero-order valence-electron chi connectivity index (χ0n) is 13.4. The van der Waals surface area contributed by atoms with E-state index in [0.717, 1.165) is 6.42 Å². The maximum Gasteiger partial charge on any atom is 0.257 e. The Labute approximate surface area is 126 Å². The summed E-state index contributed by atoms with van der Waals surface area (Å²) in [4.78, 5) is 26.0. The highest BCUT2D eigenvalue weighted by Gasteiger charge is 2.21. The zero-order chi connectivity index (χ0) is 15.8. The van der Waals surface area contributed by atoms with Crippen molar-refractivity contribution in [2.45, 2.75) is 46.6 Å². The first-order valence-corrected chi connectivity index (χ1v) is 7.55. The molecule has 0 aliphatic rings. The van der Waals surface area contributed by atoms with Crippen molar-refractivity contribution in [1.29, 1.82) is 0 Å². The van der Waals surface area contributed by atoms with E-state index in [1.807, 2.05) is 27.7 Å². The molecule has 0 bridgehead atoms. The van der Waals surface area contributed by atoms with Crippen LogP contribution in [-0.2, 0) is 4.79 Å². The molecule has 0 radical (unpaired) electrons. The van der Waals surface area contributed by atoms with Crippen molar-refractivity contribution in [1.82, 2.24) is 10.2 Å². The monoisotopic (exact) mass is 294 g/mol. The van der Waals surface area contributed by atoms with Gasteiger partial charge in [-0.1, -0.05) is 20.8 Å². The van der Waals surface area contributed by atoms with Crippen LogP contribution in [-0.4, -0.2) is 35.8 Å². The molecule has 5 heteroatoms. The minimum atomic E-state index is -0.0882. The molecule has 1 aromatic rings. The van der Waals surface area contributed by atoms with Crippen molar-refractivity contribution in [3.8, 4) is 0 Å². The van der Waals surface area contributed by atoms with Crippen LogP contribution >= 0.6 is 0 Å². The summed E-state index contributed by atoms with van der Waals surface area (Å²) in [7, 11) is 0. The van der Waals surface area contributed by atoms with E-state index in [2.05, 4.69) is 5.32 Å². The molecule has 1 atom stereocenters. The second kappa shape index (κ2) is 8.49. The number of hydrogen-bond acceptors (Lipinski definition) is 3. The smallest absolute Gasteiger partial charge is 0.257 e. The third kappa shape index (κ3) is 5.61. The molecule has 2 amide bonds. The topological polar surface area (TPSA) is 62.6 Å². The van der Waals surface area contributed by atoms with E-state index in [1.54, 1.807) is 11.0 Å². The van der Waals surface area contributed by atoms with Crippen LogP contribution < -0.4 is 5.32 Å². The Bertz CT molecular complexity index is 440. The van der Waals surface area contributed by atoms with Crippen LogP contribution in [0.1, 0.15) is 50.9 Å². The summed E-state index contributed by atoms with van der Waals surface area (Å²) in [6.45, 7) is 9.20. The maximum atomic E-state index is 12.4. The van der Waals surface area contributed by atoms with Crippen molar-refractivity contribution in [3.63, 3.8) is 0 Å². The zero-order valence-corrected chi connectivity index (χ0v) is 13.4. The van der Waals surface area contributed by atoms with Gasteiger partial charge in [0, 0.05) is 25.6 Å². The van der Waals surface area contributed by atoms with Gasteiger partial charge in [-0.15, -0.1) is 0 Å². The summed E-state index contributed by atoms with van der Waals surface area (Å²) in [6.07, 6.45) is 4.09. The molecule has 5 nitrogen and oxygen atoms in total. The highest BCUT2D eigenvalue weighted by atomic mass is 16.3. The van der Waals surface area contributed by atoms with Gasteiger partial charge >= 0.3 is 0 Å². The Balaban J connectivity index is 2.59. The fraction of sp³-hybridized carbons (Fsp3) is 0.625. The molecule has 1 heterocycles. The molecule has 0 saturated carbocycles. The van der Waals surface area contributed by atoms with Crippen LogP contribution in [0.2, 0.25) is 0 Å². The Morgan fingerprint density at radius 1 is 1.33 bits per heavy atom. The van der Waals surface area contributed by atoms with Gasteiger partial charge in [-0.25, -0.2) is 0 Å². The van der Waals surface area contributed by atoms with Crippen LogP contribution in [0.25, 0.3) is 0 Å². The highest BCUT2D eigenvalue weighted by Crippen LogP contribution is 2.12. The number of furan rings is 1. The fourth-order valence-corrected chi connectivity index (χ4v) is 1.92. The molecular formula is C16H26N2O3. The van der Waals surface area contributed by atoms with Crippen LogP contribution in [0.15, 0.2) is 23.0 Å². The van der Waals surface area contributed by atoms with E-state index >= 15 is 0 Å². The second-order valence-corrected chi connectivity index (χ2v) is 5.72. The Kier molecular flexibility index (Phi) is 6.99. The minimum absolute atomic E-state index is 0.0167. The molecule has 0 unspecified atom stereocenters. The number of nitrogens with one attached hydrogen (secondary N) is 1. The Hall–Kier alpha value is -1.78. The summed E-state index contributed by atoms with van der Waals surface area (Å²) in [5, 5.41) is 2.87. The lowest BCUT2D eigenvalue weighted by atomic mass is 10.1. The van der Waals surface area contributed by atoms with E-state index in [4.69, 9.17) is 4.42 Å². The summed E-state index contributed by atoms with van der Waals surface area (Å²) < 4.78 is 4.96. The molecule has 0 aliphatic heterocycles. The molecule has 1 aromatic heterocycles. The quantitative estimate of drug-likeness (QED) is 0.802. The first-order chi connectivity index (χ1) is 9.95. The van der Waals surface area contributed by atoms with Gasteiger partial charge in [0.25, 0.3) is 5.91 Å². The number of amides is 2. The van der Waals surface area contributed by atoms with Gasteiger partial charge in [-0.3, -0.25) is 9.59 Å². The standard InChI is InChI=1S/C16H26N2O3/c1-5-13(4)18(16(20)14-7-9-21-11-14)8-6-15(19)17-10-12(2)3/h7,9,11-13H,5-6,8,10H2,1-4H3,(H,17,19)/t13-/m1/s1. The average molecular weight is 294 g/mol. The predicted octanol–water partition coefficient (Wildman–Crippen LogP) is 2.68. The second-order valence-electron chi connectivity index (χ2n) is 5.72. The summed E-state index contributed by atoms with van der Waals surface area (Å²) in [6, 6.07) is 1.74. The van der Waals surface area contributed by atoms with Gasteiger partial charge in [0.1, 0.15) is 6.26 Å². The van der Waals surface area contributed by atoms with Gasteiger partial charge in [-0.2, -0.15) is 0 Å². The molecule has 118 valence electrons. The number of carbonyl (C=O) groups excluding carboxylic acids is 2. The lowest BCUT2D eigenvalue weighted by Gasteiger charge is -2.28. The first-order valence-electron chi connectivity index (χ1n) is 7.55. The molecule has 0 saturated heterocycles. The van der Waals surface area contributed by atoms with Gasteiger partial charge < -0.3 is 14.6 Å². The maximum absolute atomic E-state index is 12.4. The van der Waals surface area contributed by atoms with Crippen LogP contribution in [0, 0.1) is 5.92 Å². The molecule has 21 heavy (non-hydrogen) atoms. The van der Waals surface area contributed by atoms with E-state index in [9.17, 15) is 9.59 Å². The van der Waals surface area contributed by atoms with Crippen LogP contribution in [0.4, 0.5) is 0 Å². The minimum Gasteiger partial charge on any atom is -0.472 e. The lowest BCUT2D eigenvalue weighted by Crippen LogP contribution is -2.41.